The number of ether oxygens (including phenoxy) is 1. The van der Waals surface area contributed by atoms with Gasteiger partial charge >= 0.3 is 11.3 Å². The lowest BCUT2D eigenvalue weighted by molar-refractivity contribution is -0.432. The average Bonchev–Trinajstić information content (AvgIpc) is 2.61. The Labute approximate surface area is 151 Å². The summed E-state index contributed by atoms with van der Waals surface area (Å²) in [6.45, 7) is 0. The lowest BCUT2D eigenvalue weighted by atomic mass is 9.87. The minimum absolute atomic E-state index is 0.0342. The lowest BCUT2D eigenvalue weighted by Crippen LogP contribution is -2.29. The van der Waals surface area contributed by atoms with Crippen LogP contribution < -0.4 is 16.1 Å². The fraction of sp³-hybridized carbons (Fsp3) is 0.0556. The fourth-order valence-corrected chi connectivity index (χ4v) is 3.24. The van der Waals surface area contributed by atoms with Crippen molar-refractivity contribution in [1.82, 2.24) is 0 Å². The summed E-state index contributed by atoms with van der Waals surface area (Å²) in [7, 11) is 0. The van der Waals surface area contributed by atoms with Crippen molar-refractivity contribution in [3.8, 4) is 5.75 Å². The van der Waals surface area contributed by atoms with Gasteiger partial charge in [-0.1, -0.05) is 35.9 Å². The molecule has 7 nitrogen and oxygen atoms in total. The number of fused-ring (bicyclic) bond motifs is 3. The highest BCUT2D eigenvalue weighted by Gasteiger charge is 2.42. The molecule has 0 spiro atoms. The van der Waals surface area contributed by atoms with E-state index in [1.54, 1.807) is 48.5 Å². The second-order valence-electron chi connectivity index (χ2n) is 5.72. The number of benzene rings is 2. The van der Waals surface area contributed by atoms with E-state index in [-0.39, 0.29) is 17.2 Å². The van der Waals surface area contributed by atoms with Crippen molar-refractivity contribution in [3.05, 3.63) is 96.8 Å². The number of rotatable bonds is 2. The van der Waals surface area contributed by atoms with Crippen LogP contribution in [-0.4, -0.2) is 4.92 Å². The quantitative estimate of drug-likeness (QED) is 0.421. The van der Waals surface area contributed by atoms with Crippen LogP contribution in [0.5, 0.6) is 5.75 Å². The Bertz CT molecular complexity index is 1130. The van der Waals surface area contributed by atoms with Gasteiger partial charge in [0.2, 0.25) is 0 Å². The molecule has 1 aliphatic heterocycles. The summed E-state index contributed by atoms with van der Waals surface area (Å²) >= 11 is 5.91. The first-order valence-electron chi connectivity index (χ1n) is 7.60. The Morgan fingerprint density at radius 1 is 1.12 bits per heavy atom. The zero-order valence-corrected chi connectivity index (χ0v) is 13.9. The molecular weight excluding hydrogens is 360 g/mol. The smallest absolute Gasteiger partial charge is 0.344 e. The maximum Gasteiger partial charge on any atom is 0.344 e. The van der Waals surface area contributed by atoms with Crippen molar-refractivity contribution in [2.45, 2.75) is 5.92 Å². The molecule has 0 radical (unpaired) electrons. The summed E-state index contributed by atoms with van der Waals surface area (Å²) in [5.41, 5.74) is 5.54. The molecule has 0 bridgehead atoms. The molecule has 0 fully saturated rings. The molecule has 4 rings (SSSR count). The van der Waals surface area contributed by atoms with Crippen molar-refractivity contribution < 1.29 is 14.1 Å². The molecule has 2 heterocycles. The molecule has 2 N–H and O–H groups in total. The molecule has 0 saturated heterocycles. The molecule has 0 saturated carbocycles. The summed E-state index contributed by atoms with van der Waals surface area (Å²) in [6.07, 6.45) is 0. The highest BCUT2D eigenvalue weighted by Crippen LogP contribution is 2.43. The predicted molar refractivity (Wildman–Crippen MR) is 94.6 cm³/mol. The van der Waals surface area contributed by atoms with E-state index in [9.17, 15) is 14.9 Å². The van der Waals surface area contributed by atoms with Gasteiger partial charge in [0.25, 0.3) is 5.88 Å². The van der Waals surface area contributed by atoms with Gasteiger partial charge in [0, 0.05) is 5.02 Å². The van der Waals surface area contributed by atoms with Crippen LogP contribution in [0.4, 0.5) is 0 Å². The largest absolute Gasteiger partial charge is 0.434 e. The first-order valence-corrected chi connectivity index (χ1v) is 7.98. The van der Waals surface area contributed by atoms with Crippen LogP contribution >= 0.6 is 11.6 Å². The first-order chi connectivity index (χ1) is 12.5. The van der Waals surface area contributed by atoms with Gasteiger partial charge in [0.1, 0.15) is 11.5 Å². The Morgan fingerprint density at radius 2 is 1.81 bits per heavy atom. The maximum absolute atomic E-state index is 12.6. The van der Waals surface area contributed by atoms with Crippen molar-refractivity contribution in [2.75, 3.05) is 0 Å². The minimum atomic E-state index is -1.04. The van der Waals surface area contributed by atoms with Crippen molar-refractivity contribution >= 4 is 22.6 Å². The standard InChI is InChI=1S/C18H11ClN2O5/c19-10-7-5-9(6-8-10)13-14-16(26-17(20)15(13)21(23)24)11-3-1-2-4-12(11)25-18(14)22/h1-8,13H,20H2/t13-/m0/s1. The van der Waals surface area contributed by atoms with Crippen molar-refractivity contribution in [3.63, 3.8) is 0 Å². The fourth-order valence-electron chi connectivity index (χ4n) is 3.11. The van der Waals surface area contributed by atoms with E-state index in [0.29, 0.717) is 21.6 Å². The molecule has 0 amide bonds. The summed E-state index contributed by atoms with van der Waals surface area (Å²) in [4.78, 5) is 23.6. The number of para-hydroxylation sites is 1. The van der Waals surface area contributed by atoms with Crippen molar-refractivity contribution in [1.29, 1.82) is 0 Å². The lowest BCUT2D eigenvalue weighted by Gasteiger charge is -2.24. The number of allylic oxidation sites excluding steroid dienone is 1. The maximum atomic E-state index is 12.6. The molecule has 1 atom stereocenters. The Hall–Kier alpha value is -3.32. The van der Waals surface area contributed by atoms with Gasteiger partial charge in [0.05, 0.1) is 15.9 Å². The van der Waals surface area contributed by atoms with E-state index in [0.717, 1.165) is 0 Å². The number of hydrogen-bond donors (Lipinski definition) is 1. The number of halogens is 1. The molecule has 1 aromatic heterocycles. The third kappa shape index (κ3) is 2.41. The SMILES string of the molecule is NC1=C([N+](=O)[O-])[C@@H](c2ccc(Cl)cc2)c2c(c3ccccc3oc2=O)O1. The van der Waals surface area contributed by atoms with Gasteiger partial charge in [-0.3, -0.25) is 10.1 Å². The Kier molecular flexibility index (Phi) is 3.66. The Morgan fingerprint density at radius 3 is 2.50 bits per heavy atom. The molecule has 2 aromatic carbocycles. The minimum Gasteiger partial charge on any atom is -0.434 e. The summed E-state index contributed by atoms with van der Waals surface area (Å²) in [5, 5.41) is 12.6. The number of hydrogen-bond acceptors (Lipinski definition) is 6. The van der Waals surface area contributed by atoms with Crippen molar-refractivity contribution in [2.24, 2.45) is 5.73 Å². The molecule has 130 valence electrons. The number of nitrogens with zero attached hydrogens (tertiary/aromatic N) is 1. The average molecular weight is 371 g/mol. The van der Waals surface area contributed by atoms with E-state index < -0.39 is 22.2 Å². The van der Waals surface area contributed by atoms with Gasteiger partial charge in [-0.2, -0.15) is 0 Å². The number of nitro groups is 1. The second kappa shape index (κ2) is 5.89. The number of nitrogens with two attached hydrogens (primary N) is 1. The van der Waals surface area contributed by atoms with Gasteiger partial charge in [-0.25, -0.2) is 4.79 Å². The summed E-state index contributed by atoms with van der Waals surface area (Å²) < 4.78 is 10.9. The zero-order valence-electron chi connectivity index (χ0n) is 13.1. The molecular formula is C18H11ClN2O5. The highest BCUT2D eigenvalue weighted by atomic mass is 35.5. The second-order valence-corrected chi connectivity index (χ2v) is 6.16. The first kappa shape index (κ1) is 16.2. The van der Waals surface area contributed by atoms with E-state index in [1.807, 2.05) is 0 Å². The van der Waals surface area contributed by atoms with Crippen LogP contribution in [0.3, 0.4) is 0 Å². The molecule has 3 aromatic rings. The molecule has 1 aliphatic rings. The topological polar surface area (TPSA) is 109 Å². The van der Waals surface area contributed by atoms with Gasteiger partial charge in [-0.15, -0.1) is 0 Å². The van der Waals surface area contributed by atoms with E-state index in [1.165, 1.54) is 0 Å². The molecule has 8 heteroatoms. The van der Waals surface area contributed by atoms with Gasteiger partial charge in [-0.05, 0) is 29.8 Å². The van der Waals surface area contributed by atoms with E-state index in [4.69, 9.17) is 26.5 Å². The van der Waals surface area contributed by atoms with Crippen LogP contribution in [0.2, 0.25) is 5.02 Å². The van der Waals surface area contributed by atoms with Crippen LogP contribution in [0, 0.1) is 10.1 Å². The van der Waals surface area contributed by atoms with Crippen LogP contribution in [0.25, 0.3) is 11.0 Å². The van der Waals surface area contributed by atoms with Crippen LogP contribution in [0.1, 0.15) is 17.0 Å². The highest BCUT2D eigenvalue weighted by molar-refractivity contribution is 6.30. The Balaban J connectivity index is 2.08. The van der Waals surface area contributed by atoms with Crippen LogP contribution in [-0.2, 0) is 0 Å². The molecule has 26 heavy (non-hydrogen) atoms. The summed E-state index contributed by atoms with van der Waals surface area (Å²) in [5.74, 6) is -1.23. The normalized spacial score (nSPS) is 16.3. The third-order valence-corrected chi connectivity index (χ3v) is 4.48. The van der Waals surface area contributed by atoms with Gasteiger partial charge < -0.3 is 14.9 Å². The van der Waals surface area contributed by atoms with Crippen LogP contribution in [0.15, 0.2) is 69.3 Å². The molecule has 0 unspecified atom stereocenters. The third-order valence-electron chi connectivity index (χ3n) is 4.23. The zero-order chi connectivity index (χ0) is 18.4. The predicted octanol–water partition coefficient (Wildman–Crippen LogP) is 3.38. The monoisotopic (exact) mass is 370 g/mol. The van der Waals surface area contributed by atoms with Gasteiger partial charge in [0.15, 0.2) is 5.75 Å². The summed E-state index contributed by atoms with van der Waals surface area (Å²) in [6, 6.07) is 13.1. The molecule has 0 aliphatic carbocycles. The van der Waals surface area contributed by atoms with E-state index in [2.05, 4.69) is 0 Å². The van der Waals surface area contributed by atoms with E-state index >= 15 is 0 Å².